The van der Waals surface area contributed by atoms with Crippen LogP contribution < -0.4 is 5.73 Å². The van der Waals surface area contributed by atoms with Gasteiger partial charge in [0.05, 0.1) is 18.2 Å². The number of aliphatic hydroxyl groups is 1. The second-order valence-corrected chi connectivity index (χ2v) is 4.38. The summed E-state index contributed by atoms with van der Waals surface area (Å²) < 4.78 is 0. The van der Waals surface area contributed by atoms with Crippen molar-refractivity contribution >= 4 is 5.91 Å². The van der Waals surface area contributed by atoms with Crippen LogP contribution in [0, 0.1) is 0 Å². The molecule has 0 heterocycles. The summed E-state index contributed by atoms with van der Waals surface area (Å²) in [5.41, 5.74) is 5.70. The number of carbonyl (C=O) groups excluding carboxylic acids is 1. The third kappa shape index (κ3) is 2.92. The number of rotatable bonds is 3. The van der Waals surface area contributed by atoms with E-state index in [2.05, 4.69) is 0 Å². The zero-order valence-corrected chi connectivity index (χ0v) is 9.65. The molecule has 1 aliphatic carbocycles. The molecule has 15 heavy (non-hydrogen) atoms. The van der Waals surface area contributed by atoms with E-state index in [1.165, 1.54) is 0 Å². The molecule has 0 aliphatic heterocycles. The van der Waals surface area contributed by atoms with Gasteiger partial charge in [0.1, 0.15) is 0 Å². The molecule has 4 heteroatoms. The van der Waals surface area contributed by atoms with E-state index in [0.29, 0.717) is 6.42 Å². The van der Waals surface area contributed by atoms with Crippen molar-refractivity contribution in [1.82, 2.24) is 4.90 Å². The van der Waals surface area contributed by atoms with Crippen LogP contribution in [-0.2, 0) is 4.79 Å². The average molecular weight is 214 g/mol. The van der Waals surface area contributed by atoms with Crippen LogP contribution in [0.2, 0.25) is 0 Å². The van der Waals surface area contributed by atoms with Gasteiger partial charge in [0.25, 0.3) is 0 Å². The molecule has 0 aromatic heterocycles. The lowest BCUT2D eigenvalue weighted by Crippen LogP contribution is -2.51. The third-order valence-electron chi connectivity index (χ3n) is 3.30. The first-order valence-corrected chi connectivity index (χ1v) is 5.78. The molecular formula is C11H22N2O2. The molecule has 1 saturated carbocycles. The largest absolute Gasteiger partial charge is 0.391 e. The van der Waals surface area contributed by atoms with Crippen LogP contribution in [0.1, 0.15) is 39.0 Å². The van der Waals surface area contributed by atoms with Crippen LogP contribution in [0.25, 0.3) is 0 Å². The Labute approximate surface area is 91.4 Å². The van der Waals surface area contributed by atoms with Crippen molar-refractivity contribution in [3.8, 4) is 0 Å². The molecule has 1 aliphatic rings. The second kappa shape index (κ2) is 5.47. The number of aliphatic hydroxyl groups excluding tert-OH is 1. The molecule has 0 saturated heterocycles. The molecule has 0 aromatic rings. The SMILES string of the molecule is CCC(N)C(=O)N(C)C1CCCCC1O. The first-order chi connectivity index (χ1) is 7.07. The summed E-state index contributed by atoms with van der Waals surface area (Å²) in [6.07, 6.45) is 4.09. The molecule has 0 spiro atoms. The summed E-state index contributed by atoms with van der Waals surface area (Å²) in [5, 5.41) is 9.81. The number of likely N-dealkylation sites (N-methyl/N-ethyl adjacent to an activating group) is 1. The smallest absolute Gasteiger partial charge is 0.239 e. The quantitative estimate of drug-likeness (QED) is 0.718. The highest BCUT2D eigenvalue weighted by Crippen LogP contribution is 2.22. The van der Waals surface area contributed by atoms with Crippen LogP contribution in [0.5, 0.6) is 0 Å². The minimum atomic E-state index is -0.427. The predicted octanol–water partition coefficient (Wildman–Crippen LogP) is 0.486. The summed E-state index contributed by atoms with van der Waals surface area (Å²) in [6.45, 7) is 1.90. The number of nitrogens with two attached hydrogens (primary N) is 1. The Kier molecular flexibility index (Phi) is 4.54. The van der Waals surface area contributed by atoms with Crippen molar-refractivity contribution in [2.75, 3.05) is 7.05 Å². The van der Waals surface area contributed by atoms with Gasteiger partial charge in [-0.25, -0.2) is 0 Å². The lowest BCUT2D eigenvalue weighted by atomic mass is 9.91. The molecule has 4 nitrogen and oxygen atoms in total. The Morgan fingerprint density at radius 2 is 2.13 bits per heavy atom. The highest BCUT2D eigenvalue weighted by atomic mass is 16.3. The maximum atomic E-state index is 11.8. The van der Waals surface area contributed by atoms with Crippen molar-refractivity contribution < 1.29 is 9.90 Å². The Morgan fingerprint density at radius 3 is 2.67 bits per heavy atom. The summed E-state index contributed by atoms with van der Waals surface area (Å²) in [5.74, 6) is -0.0524. The Bertz CT molecular complexity index is 221. The predicted molar refractivity (Wildman–Crippen MR) is 59.3 cm³/mol. The maximum Gasteiger partial charge on any atom is 0.239 e. The van der Waals surface area contributed by atoms with Gasteiger partial charge >= 0.3 is 0 Å². The fraction of sp³-hybridized carbons (Fsp3) is 0.909. The van der Waals surface area contributed by atoms with Gasteiger partial charge in [-0.3, -0.25) is 4.79 Å². The average Bonchev–Trinajstić information content (AvgIpc) is 2.26. The van der Waals surface area contributed by atoms with Gasteiger partial charge in [-0.15, -0.1) is 0 Å². The summed E-state index contributed by atoms with van der Waals surface area (Å²) in [6, 6.07) is -0.465. The van der Waals surface area contributed by atoms with E-state index in [4.69, 9.17) is 5.73 Å². The number of hydrogen-bond donors (Lipinski definition) is 2. The first-order valence-electron chi connectivity index (χ1n) is 5.78. The molecular weight excluding hydrogens is 192 g/mol. The molecule has 3 atom stereocenters. The van der Waals surface area contributed by atoms with Crippen molar-refractivity contribution in [2.24, 2.45) is 5.73 Å². The highest BCUT2D eigenvalue weighted by Gasteiger charge is 2.30. The normalized spacial score (nSPS) is 28.5. The molecule has 0 bridgehead atoms. The monoisotopic (exact) mass is 214 g/mol. The van der Waals surface area contributed by atoms with Crippen LogP contribution in [0.3, 0.4) is 0 Å². The summed E-state index contributed by atoms with van der Waals surface area (Å²) in [4.78, 5) is 13.4. The highest BCUT2D eigenvalue weighted by molar-refractivity contribution is 5.81. The van der Waals surface area contributed by atoms with Gasteiger partial charge in [-0.05, 0) is 19.3 Å². The van der Waals surface area contributed by atoms with E-state index in [0.717, 1.165) is 25.7 Å². The zero-order chi connectivity index (χ0) is 11.4. The van der Waals surface area contributed by atoms with E-state index in [1.54, 1.807) is 11.9 Å². The third-order valence-corrected chi connectivity index (χ3v) is 3.30. The second-order valence-electron chi connectivity index (χ2n) is 4.38. The molecule has 88 valence electrons. The Hall–Kier alpha value is -0.610. The van der Waals surface area contributed by atoms with E-state index < -0.39 is 6.04 Å². The Morgan fingerprint density at radius 1 is 1.53 bits per heavy atom. The molecule has 0 aromatic carbocycles. The topological polar surface area (TPSA) is 66.6 Å². The van der Waals surface area contributed by atoms with Gasteiger partial charge in [0.15, 0.2) is 0 Å². The van der Waals surface area contributed by atoms with Crippen molar-refractivity contribution in [1.29, 1.82) is 0 Å². The number of nitrogens with zero attached hydrogens (tertiary/aromatic N) is 1. The number of amides is 1. The van der Waals surface area contributed by atoms with Gasteiger partial charge in [-0.2, -0.15) is 0 Å². The first kappa shape index (κ1) is 12.5. The van der Waals surface area contributed by atoms with Gasteiger partial charge in [0.2, 0.25) is 5.91 Å². The van der Waals surface area contributed by atoms with E-state index in [9.17, 15) is 9.90 Å². The maximum absolute atomic E-state index is 11.8. The van der Waals surface area contributed by atoms with E-state index >= 15 is 0 Å². The molecule has 1 amide bonds. The molecule has 1 fully saturated rings. The van der Waals surface area contributed by atoms with Gasteiger partial charge in [0, 0.05) is 7.05 Å². The number of hydrogen-bond acceptors (Lipinski definition) is 3. The minimum Gasteiger partial charge on any atom is -0.391 e. The van der Waals surface area contributed by atoms with Crippen LogP contribution in [0.4, 0.5) is 0 Å². The van der Waals surface area contributed by atoms with E-state index in [-0.39, 0.29) is 18.1 Å². The molecule has 1 rings (SSSR count). The van der Waals surface area contributed by atoms with Crippen LogP contribution >= 0.6 is 0 Å². The van der Waals surface area contributed by atoms with Crippen molar-refractivity contribution in [3.05, 3.63) is 0 Å². The van der Waals surface area contributed by atoms with Crippen molar-refractivity contribution in [2.45, 2.75) is 57.2 Å². The minimum absolute atomic E-state index is 0.0381. The molecule has 3 unspecified atom stereocenters. The standard InChI is InChI=1S/C11H22N2O2/c1-3-8(12)11(15)13(2)9-6-4-5-7-10(9)14/h8-10,14H,3-7,12H2,1-2H3. The van der Waals surface area contributed by atoms with Gasteiger partial charge in [-0.1, -0.05) is 19.8 Å². The summed E-state index contributed by atoms with van der Waals surface area (Å²) in [7, 11) is 1.75. The zero-order valence-electron chi connectivity index (χ0n) is 9.65. The fourth-order valence-electron chi connectivity index (χ4n) is 2.14. The van der Waals surface area contributed by atoms with Crippen LogP contribution in [-0.4, -0.2) is 41.1 Å². The van der Waals surface area contributed by atoms with E-state index in [1.807, 2.05) is 6.92 Å². The lowest BCUT2D eigenvalue weighted by molar-refractivity contribution is -0.136. The van der Waals surface area contributed by atoms with Crippen molar-refractivity contribution in [3.63, 3.8) is 0 Å². The summed E-state index contributed by atoms with van der Waals surface area (Å²) >= 11 is 0. The van der Waals surface area contributed by atoms with Crippen LogP contribution in [0.15, 0.2) is 0 Å². The fourth-order valence-corrected chi connectivity index (χ4v) is 2.14. The Balaban J connectivity index is 2.57. The molecule has 3 N–H and O–H groups in total. The molecule has 0 radical (unpaired) electrons. The lowest BCUT2D eigenvalue weighted by Gasteiger charge is -2.36. The number of carbonyl (C=O) groups is 1. The van der Waals surface area contributed by atoms with Gasteiger partial charge < -0.3 is 15.7 Å².